The van der Waals surface area contributed by atoms with E-state index in [1.54, 1.807) is 0 Å². The Morgan fingerprint density at radius 2 is 1.90 bits per heavy atom. The van der Waals surface area contributed by atoms with Crippen molar-refractivity contribution in [2.75, 3.05) is 6.61 Å². The second-order valence-corrected chi connectivity index (χ2v) is 6.74. The second kappa shape index (κ2) is 7.26. The summed E-state index contributed by atoms with van der Waals surface area (Å²) in [4.78, 5) is 11.6. The van der Waals surface area contributed by atoms with Crippen LogP contribution in [0.25, 0.3) is 0 Å². The summed E-state index contributed by atoms with van der Waals surface area (Å²) in [5.41, 5.74) is 0.858. The Labute approximate surface area is 123 Å². The Kier molecular flexibility index (Phi) is 6.25. The predicted octanol–water partition coefficient (Wildman–Crippen LogP) is 4.12. The molecule has 0 radical (unpaired) electrons. The van der Waals surface area contributed by atoms with E-state index in [9.17, 15) is 4.79 Å². The topological polar surface area (TPSA) is 35.5 Å². The van der Waals surface area contributed by atoms with Gasteiger partial charge < -0.3 is 9.47 Å². The van der Waals surface area contributed by atoms with Gasteiger partial charge in [-0.1, -0.05) is 26.8 Å². The van der Waals surface area contributed by atoms with Crippen LogP contribution in [0.3, 0.4) is 0 Å². The number of carbonyl (C=O) groups excluding carboxylic acids is 1. The fourth-order valence-corrected chi connectivity index (χ4v) is 2.24. The molecule has 0 aliphatic heterocycles. The maximum atomic E-state index is 11.6. The normalized spacial score (nSPS) is 18.2. The molecule has 1 rings (SSSR count). The monoisotopic (exact) mass is 282 g/mol. The molecule has 1 saturated carbocycles. The molecule has 0 amide bonds. The molecule has 0 heterocycles. The molecule has 3 heteroatoms. The van der Waals surface area contributed by atoms with Crippen LogP contribution in [0.2, 0.25) is 0 Å². The predicted molar refractivity (Wildman–Crippen MR) is 81.5 cm³/mol. The molecule has 20 heavy (non-hydrogen) atoms. The minimum Gasteiger partial charge on any atom is -0.462 e. The highest BCUT2D eigenvalue weighted by molar-refractivity contribution is 5.74. The zero-order chi connectivity index (χ0) is 15.3. The Hall–Kier alpha value is -0.830. The fourth-order valence-electron chi connectivity index (χ4n) is 2.24. The highest BCUT2D eigenvalue weighted by Gasteiger charge is 2.33. The summed E-state index contributed by atoms with van der Waals surface area (Å²) in [7, 11) is 0. The molecule has 1 aliphatic rings. The van der Waals surface area contributed by atoms with Crippen molar-refractivity contribution in [3.8, 4) is 0 Å². The summed E-state index contributed by atoms with van der Waals surface area (Å²) in [5, 5.41) is 0. The fraction of sp³-hybridized carbons (Fsp3) is 0.824. The van der Waals surface area contributed by atoms with Gasteiger partial charge in [-0.05, 0) is 51.5 Å². The van der Waals surface area contributed by atoms with E-state index in [-0.39, 0.29) is 18.0 Å². The first kappa shape index (κ1) is 17.2. The van der Waals surface area contributed by atoms with Crippen molar-refractivity contribution in [3.05, 3.63) is 11.6 Å². The third-order valence-electron chi connectivity index (χ3n) is 3.45. The van der Waals surface area contributed by atoms with E-state index in [0.717, 1.165) is 19.3 Å². The Balaban J connectivity index is 2.48. The maximum absolute atomic E-state index is 11.6. The summed E-state index contributed by atoms with van der Waals surface area (Å²) < 4.78 is 11.4. The third-order valence-corrected chi connectivity index (χ3v) is 3.45. The smallest absolute Gasteiger partial charge is 0.309 e. The van der Waals surface area contributed by atoms with Crippen LogP contribution in [0, 0.1) is 11.8 Å². The summed E-state index contributed by atoms with van der Waals surface area (Å²) in [6.45, 7) is 12.8. The summed E-state index contributed by atoms with van der Waals surface area (Å²) in [6.07, 6.45) is 5.26. The Bertz CT molecular complexity index is 351. The number of carbonyl (C=O) groups is 1. The number of allylic oxidation sites excluding steroid dienone is 1. The summed E-state index contributed by atoms with van der Waals surface area (Å²) in [6, 6.07) is 0. The largest absolute Gasteiger partial charge is 0.462 e. The molecule has 0 aromatic heterocycles. The zero-order valence-electron chi connectivity index (χ0n) is 13.9. The van der Waals surface area contributed by atoms with Crippen LogP contribution in [0.4, 0.5) is 0 Å². The van der Waals surface area contributed by atoms with Gasteiger partial charge in [0.2, 0.25) is 0 Å². The number of hydrogen-bond acceptors (Lipinski definition) is 3. The lowest BCUT2D eigenvalue weighted by Crippen LogP contribution is -2.36. The van der Waals surface area contributed by atoms with Gasteiger partial charge in [-0.3, -0.25) is 4.79 Å². The minimum atomic E-state index is -0.449. The molecule has 1 fully saturated rings. The Morgan fingerprint density at radius 3 is 2.35 bits per heavy atom. The lowest BCUT2D eigenvalue weighted by atomic mass is 10.0. The van der Waals surface area contributed by atoms with Gasteiger partial charge in [0.15, 0.2) is 0 Å². The van der Waals surface area contributed by atoms with Gasteiger partial charge in [-0.2, -0.15) is 0 Å². The van der Waals surface area contributed by atoms with Crippen LogP contribution < -0.4 is 0 Å². The van der Waals surface area contributed by atoms with Crippen LogP contribution in [0.15, 0.2) is 11.6 Å². The molecule has 0 saturated heterocycles. The maximum Gasteiger partial charge on any atom is 0.309 e. The van der Waals surface area contributed by atoms with E-state index in [1.165, 1.54) is 5.57 Å². The molecule has 0 unspecified atom stereocenters. The summed E-state index contributed by atoms with van der Waals surface area (Å²) >= 11 is 0. The first-order valence-electron chi connectivity index (χ1n) is 7.80. The first-order chi connectivity index (χ1) is 9.25. The standard InChI is InChI=1S/C17H30O3/c1-7-14(10-12(2)3)13(4)20-17(5,6)11-19-16(18)15-8-9-15/h10,12-13,15H,7-9,11H2,1-6H3/b14-10+/t13-/m1/s1. The van der Waals surface area contributed by atoms with Gasteiger partial charge in [-0.25, -0.2) is 0 Å². The number of rotatable bonds is 8. The summed E-state index contributed by atoms with van der Waals surface area (Å²) in [5.74, 6) is 0.602. The van der Waals surface area contributed by atoms with E-state index in [0.29, 0.717) is 12.5 Å². The number of hydrogen-bond donors (Lipinski definition) is 0. The van der Waals surface area contributed by atoms with Gasteiger partial charge in [0.25, 0.3) is 0 Å². The Morgan fingerprint density at radius 1 is 1.30 bits per heavy atom. The van der Waals surface area contributed by atoms with Crippen molar-refractivity contribution in [1.29, 1.82) is 0 Å². The van der Waals surface area contributed by atoms with Gasteiger partial charge >= 0.3 is 5.97 Å². The van der Waals surface area contributed by atoms with E-state index >= 15 is 0 Å². The molecule has 0 spiro atoms. The molecule has 0 bridgehead atoms. The zero-order valence-corrected chi connectivity index (χ0v) is 13.9. The van der Waals surface area contributed by atoms with Gasteiger partial charge in [0, 0.05) is 0 Å². The van der Waals surface area contributed by atoms with Crippen molar-refractivity contribution in [2.45, 2.75) is 72.5 Å². The van der Waals surface area contributed by atoms with E-state index in [2.05, 4.69) is 33.8 Å². The molecule has 0 aromatic carbocycles. The van der Waals surface area contributed by atoms with Crippen molar-refractivity contribution >= 4 is 5.97 Å². The van der Waals surface area contributed by atoms with Gasteiger partial charge in [0.05, 0.1) is 17.6 Å². The van der Waals surface area contributed by atoms with Gasteiger partial charge in [-0.15, -0.1) is 0 Å². The highest BCUT2D eigenvalue weighted by Crippen LogP contribution is 2.30. The van der Waals surface area contributed by atoms with Crippen molar-refractivity contribution < 1.29 is 14.3 Å². The van der Waals surface area contributed by atoms with Crippen molar-refractivity contribution in [2.24, 2.45) is 11.8 Å². The molecular weight excluding hydrogens is 252 g/mol. The van der Waals surface area contributed by atoms with Crippen molar-refractivity contribution in [3.63, 3.8) is 0 Å². The third kappa shape index (κ3) is 6.08. The average Bonchev–Trinajstić information content (AvgIpc) is 3.16. The highest BCUT2D eigenvalue weighted by atomic mass is 16.6. The average molecular weight is 282 g/mol. The molecule has 1 aliphatic carbocycles. The molecule has 1 atom stereocenters. The molecular formula is C17H30O3. The molecule has 3 nitrogen and oxygen atoms in total. The van der Waals surface area contributed by atoms with Crippen molar-refractivity contribution in [1.82, 2.24) is 0 Å². The first-order valence-corrected chi connectivity index (χ1v) is 7.80. The molecule has 0 N–H and O–H groups in total. The number of ether oxygens (including phenoxy) is 2. The molecule has 116 valence electrons. The minimum absolute atomic E-state index is 0.0528. The quantitative estimate of drug-likeness (QED) is 0.496. The van der Waals surface area contributed by atoms with Crippen LogP contribution in [-0.2, 0) is 14.3 Å². The van der Waals surface area contributed by atoms with Crippen LogP contribution >= 0.6 is 0 Å². The van der Waals surface area contributed by atoms with E-state index < -0.39 is 5.60 Å². The lowest BCUT2D eigenvalue weighted by Gasteiger charge is -2.30. The molecule has 0 aromatic rings. The SMILES string of the molecule is CC/C(=C\C(C)C)[C@@H](C)OC(C)(C)COC(=O)C1CC1. The van der Waals surface area contributed by atoms with Gasteiger partial charge in [0.1, 0.15) is 6.61 Å². The van der Waals surface area contributed by atoms with E-state index in [4.69, 9.17) is 9.47 Å². The van der Waals surface area contributed by atoms with Crippen LogP contribution in [0.5, 0.6) is 0 Å². The van der Waals surface area contributed by atoms with Crippen LogP contribution in [0.1, 0.15) is 60.8 Å². The lowest BCUT2D eigenvalue weighted by molar-refractivity contribution is -0.157. The van der Waals surface area contributed by atoms with Crippen LogP contribution in [-0.4, -0.2) is 24.3 Å². The number of esters is 1. The van der Waals surface area contributed by atoms with E-state index in [1.807, 2.05) is 13.8 Å². The second-order valence-electron chi connectivity index (χ2n) is 6.74.